The van der Waals surface area contributed by atoms with Crippen LogP contribution in [-0.2, 0) is 14.4 Å². The van der Waals surface area contributed by atoms with Gasteiger partial charge in [0.15, 0.2) is 5.96 Å². The summed E-state index contributed by atoms with van der Waals surface area (Å²) in [5, 5.41) is 26.3. The molecule has 9 N–H and O–H groups in total. The van der Waals surface area contributed by atoms with Crippen LogP contribution in [0.3, 0.4) is 0 Å². The van der Waals surface area contributed by atoms with Crippen LogP contribution in [-0.4, -0.2) is 57.8 Å². The zero-order chi connectivity index (χ0) is 16.4. The summed E-state index contributed by atoms with van der Waals surface area (Å²) in [4.78, 5) is 35.9. The average Bonchev–Trinajstić information content (AvgIpc) is 2.34. The number of aliphatic imine (C=N–C) groups is 1. The fourth-order valence-electron chi connectivity index (χ4n) is 1.34. The monoisotopic (exact) mass is 305 g/mol. The largest absolute Gasteiger partial charge is 0.481 e. The Morgan fingerprint density at radius 2 is 1.52 bits per heavy atom. The first-order chi connectivity index (χ1) is 9.73. The zero-order valence-electron chi connectivity index (χ0n) is 11.2. The second-order valence-electron chi connectivity index (χ2n) is 4.12. The number of guanidine groups is 1. The molecule has 0 aromatic rings. The minimum atomic E-state index is -1.44. The molecule has 0 saturated heterocycles. The lowest BCUT2D eigenvalue weighted by Gasteiger charge is -2.18. The van der Waals surface area contributed by atoms with Crippen molar-refractivity contribution in [1.82, 2.24) is 10.9 Å². The first-order valence-electron chi connectivity index (χ1n) is 5.98. The molecule has 0 aliphatic heterocycles. The SMILES string of the molecule is NC(N)=NCCC[C@H](NN[C@@H](CC(=O)O)C(=O)O)C(=O)O. The predicted molar refractivity (Wildman–Crippen MR) is 71.3 cm³/mol. The fourth-order valence-corrected chi connectivity index (χ4v) is 1.34. The van der Waals surface area contributed by atoms with Crippen LogP contribution in [0.2, 0.25) is 0 Å². The smallest absolute Gasteiger partial charge is 0.322 e. The molecule has 21 heavy (non-hydrogen) atoms. The average molecular weight is 305 g/mol. The van der Waals surface area contributed by atoms with E-state index in [4.69, 9.17) is 26.8 Å². The summed E-state index contributed by atoms with van der Waals surface area (Å²) in [6.07, 6.45) is -0.221. The molecular weight excluding hydrogens is 286 g/mol. The number of hydrogen-bond donors (Lipinski definition) is 7. The summed E-state index contributed by atoms with van der Waals surface area (Å²) < 4.78 is 0. The van der Waals surface area contributed by atoms with E-state index < -0.39 is 36.4 Å². The molecule has 11 nitrogen and oxygen atoms in total. The third-order valence-corrected chi connectivity index (χ3v) is 2.35. The third-order valence-electron chi connectivity index (χ3n) is 2.35. The molecule has 0 aromatic carbocycles. The number of nitrogens with one attached hydrogen (secondary N) is 2. The molecule has 0 aliphatic carbocycles. The van der Waals surface area contributed by atoms with Gasteiger partial charge >= 0.3 is 17.9 Å². The van der Waals surface area contributed by atoms with Gasteiger partial charge in [0.1, 0.15) is 12.1 Å². The molecule has 0 unspecified atom stereocenters. The van der Waals surface area contributed by atoms with Crippen molar-refractivity contribution in [2.45, 2.75) is 31.3 Å². The van der Waals surface area contributed by atoms with Gasteiger partial charge in [0.2, 0.25) is 0 Å². The predicted octanol–water partition coefficient (Wildman–Crippen LogP) is -2.48. The second kappa shape index (κ2) is 9.50. The topological polar surface area (TPSA) is 200 Å². The molecule has 0 heterocycles. The molecule has 0 fully saturated rings. The van der Waals surface area contributed by atoms with Crippen molar-refractivity contribution >= 4 is 23.9 Å². The van der Waals surface area contributed by atoms with Crippen molar-refractivity contribution in [2.75, 3.05) is 6.54 Å². The van der Waals surface area contributed by atoms with Gasteiger partial charge in [-0.15, -0.1) is 0 Å². The lowest BCUT2D eigenvalue weighted by atomic mass is 10.1. The molecule has 0 rings (SSSR count). The highest BCUT2D eigenvalue weighted by molar-refractivity contribution is 5.80. The molecule has 0 aromatic heterocycles. The first kappa shape index (κ1) is 18.6. The number of carbonyl (C=O) groups is 3. The highest BCUT2D eigenvalue weighted by atomic mass is 16.4. The van der Waals surface area contributed by atoms with Gasteiger partial charge in [-0.2, -0.15) is 0 Å². The van der Waals surface area contributed by atoms with Crippen LogP contribution < -0.4 is 22.3 Å². The highest BCUT2D eigenvalue weighted by Gasteiger charge is 2.23. The molecule has 0 spiro atoms. The number of nitrogens with two attached hydrogens (primary N) is 2. The van der Waals surface area contributed by atoms with Gasteiger partial charge in [0.25, 0.3) is 0 Å². The number of aliphatic carboxylic acids is 3. The summed E-state index contributed by atoms with van der Waals surface area (Å²) >= 11 is 0. The summed E-state index contributed by atoms with van der Waals surface area (Å²) in [5.74, 6) is -4.06. The normalized spacial score (nSPS) is 13.1. The van der Waals surface area contributed by atoms with Crippen molar-refractivity contribution in [1.29, 1.82) is 0 Å². The Bertz CT molecular complexity index is 409. The van der Waals surface area contributed by atoms with E-state index in [1.165, 1.54) is 0 Å². The Morgan fingerprint density at radius 3 is 1.95 bits per heavy atom. The van der Waals surface area contributed by atoms with Gasteiger partial charge in [0, 0.05) is 6.54 Å². The number of carboxylic acids is 3. The molecule has 120 valence electrons. The van der Waals surface area contributed by atoms with Crippen molar-refractivity contribution in [2.24, 2.45) is 16.5 Å². The number of nitrogens with zero attached hydrogens (tertiary/aromatic N) is 1. The van der Waals surface area contributed by atoms with E-state index in [0.29, 0.717) is 6.42 Å². The quantitative estimate of drug-likeness (QED) is 0.0926. The fraction of sp³-hybridized carbons (Fsp3) is 0.600. The summed E-state index contributed by atoms with van der Waals surface area (Å²) in [6, 6.07) is -2.54. The molecule has 0 aliphatic rings. The maximum Gasteiger partial charge on any atom is 0.322 e. The van der Waals surface area contributed by atoms with Crippen molar-refractivity contribution in [3.8, 4) is 0 Å². The summed E-state index contributed by atoms with van der Waals surface area (Å²) in [7, 11) is 0. The van der Waals surface area contributed by atoms with Crippen molar-refractivity contribution in [3.05, 3.63) is 0 Å². The molecule has 0 bridgehead atoms. The van der Waals surface area contributed by atoms with Gasteiger partial charge in [-0.25, -0.2) is 10.9 Å². The molecule has 0 amide bonds. The van der Waals surface area contributed by atoms with E-state index in [-0.39, 0.29) is 18.9 Å². The lowest BCUT2D eigenvalue weighted by molar-refractivity contribution is -0.147. The number of carboxylic acid groups (broad SMARTS) is 3. The van der Waals surface area contributed by atoms with Gasteiger partial charge in [-0.3, -0.25) is 19.4 Å². The Hall–Kier alpha value is -2.40. The van der Waals surface area contributed by atoms with E-state index in [9.17, 15) is 14.4 Å². The van der Waals surface area contributed by atoms with Crippen LogP contribution in [0.5, 0.6) is 0 Å². The number of rotatable bonds is 11. The van der Waals surface area contributed by atoms with Crippen LogP contribution in [0, 0.1) is 0 Å². The Labute approximate surface area is 120 Å². The minimum Gasteiger partial charge on any atom is -0.481 e. The molecule has 2 atom stereocenters. The Kier molecular flexibility index (Phi) is 8.41. The van der Waals surface area contributed by atoms with Crippen LogP contribution in [0.15, 0.2) is 4.99 Å². The minimum absolute atomic E-state index is 0.111. The molecule has 0 saturated carbocycles. The van der Waals surface area contributed by atoms with E-state index in [1.54, 1.807) is 0 Å². The van der Waals surface area contributed by atoms with Gasteiger partial charge in [0.05, 0.1) is 6.42 Å². The maximum atomic E-state index is 11.0. The van der Waals surface area contributed by atoms with Crippen LogP contribution >= 0.6 is 0 Å². The van der Waals surface area contributed by atoms with Gasteiger partial charge in [-0.05, 0) is 12.8 Å². The molecule has 11 heteroatoms. The standard InChI is InChI=1S/C10H19N5O6/c11-10(12)13-3-1-2-5(8(18)19)14-15-6(9(20)21)4-7(16)17/h5-6,14-15H,1-4H2,(H,16,17)(H,18,19)(H,20,21)(H4,11,12,13)/t5-,6-/m0/s1. The lowest BCUT2D eigenvalue weighted by Crippen LogP contribution is -2.53. The highest BCUT2D eigenvalue weighted by Crippen LogP contribution is 1.99. The van der Waals surface area contributed by atoms with Crippen LogP contribution in [0.4, 0.5) is 0 Å². The number of hydrazine groups is 1. The Balaban J connectivity index is 4.36. The summed E-state index contributed by atoms with van der Waals surface area (Å²) in [5.41, 5.74) is 14.7. The van der Waals surface area contributed by atoms with E-state index in [0.717, 1.165) is 0 Å². The first-order valence-corrected chi connectivity index (χ1v) is 5.98. The second-order valence-corrected chi connectivity index (χ2v) is 4.12. The zero-order valence-corrected chi connectivity index (χ0v) is 11.2. The van der Waals surface area contributed by atoms with Crippen LogP contribution in [0.25, 0.3) is 0 Å². The Morgan fingerprint density at radius 1 is 1.00 bits per heavy atom. The molecule has 0 radical (unpaired) electrons. The van der Waals surface area contributed by atoms with E-state index >= 15 is 0 Å². The van der Waals surface area contributed by atoms with Crippen molar-refractivity contribution in [3.63, 3.8) is 0 Å². The van der Waals surface area contributed by atoms with E-state index in [1.807, 2.05) is 0 Å². The maximum absolute atomic E-state index is 11.0. The molecular formula is C10H19N5O6. The van der Waals surface area contributed by atoms with Gasteiger partial charge < -0.3 is 26.8 Å². The van der Waals surface area contributed by atoms with Gasteiger partial charge in [-0.1, -0.05) is 0 Å². The number of hydrogen-bond acceptors (Lipinski definition) is 6. The van der Waals surface area contributed by atoms with Crippen molar-refractivity contribution < 1.29 is 29.7 Å². The third kappa shape index (κ3) is 9.18. The summed E-state index contributed by atoms with van der Waals surface area (Å²) in [6.45, 7) is 0.227. The van der Waals surface area contributed by atoms with Crippen LogP contribution in [0.1, 0.15) is 19.3 Å². The van der Waals surface area contributed by atoms with E-state index in [2.05, 4.69) is 15.8 Å².